The highest BCUT2D eigenvalue weighted by atomic mass is 32.5. The highest BCUT2D eigenvalue weighted by molar-refractivity contribution is 8.07. The molecule has 0 bridgehead atoms. The van der Waals surface area contributed by atoms with E-state index in [0.29, 0.717) is 19.4 Å². The second kappa shape index (κ2) is 23.3. The zero-order valence-electron chi connectivity index (χ0n) is 30.2. The van der Waals surface area contributed by atoms with E-state index >= 15 is 0 Å². The lowest BCUT2D eigenvalue weighted by Gasteiger charge is -2.31. The summed E-state index contributed by atoms with van der Waals surface area (Å²) >= 11 is 5.34. The van der Waals surface area contributed by atoms with E-state index in [0.717, 1.165) is 19.3 Å². The standard InChI is InChI=1S/C35H70NO7PS/c1-9-10-11-12-13-14-15-16-17-18-19-20-21-22-23-26-31(37)36-27-24-25-29-32(39-8)33(30(41-29)28-40-34(2,3)4)42-44(38,45)43-35(5,6)7/h29-30,32-33H,9-28H2,1-8H3,(H,36,37)(H,38,45)/t29-,30+,32-,33+,44?/m0/s1. The van der Waals surface area contributed by atoms with Crippen molar-refractivity contribution in [3.05, 3.63) is 0 Å². The van der Waals surface area contributed by atoms with E-state index in [1.807, 2.05) is 41.5 Å². The predicted molar refractivity (Wildman–Crippen MR) is 189 cm³/mol. The molecule has 0 spiro atoms. The molecule has 45 heavy (non-hydrogen) atoms. The molecule has 1 heterocycles. The molecule has 0 saturated carbocycles. The first kappa shape index (κ1) is 42.9. The molecule has 10 heteroatoms. The molecule has 0 aliphatic carbocycles. The van der Waals surface area contributed by atoms with E-state index < -0.39 is 30.6 Å². The second-order valence-corrected chi connectivity index (χ2v) is 17.5. The van der Waals surface area contributed by atoms with Crippen LogP contribution >= 0.6 is 6.72 Å². The van der Waals surface area contributed by atoms with E-state index in [-0.39, 0.29) is 24.2 Å². The van der Waals surface area contributed by atoms with Gasteiger partial charge in [-0.25, -0.2) is 0 Å². The van der Waals surface area contributed by atoms with Gasteiger partial charge in [-0.1, -0.05) is 96.8 Å². The Balaban J connectivity index is 2.28. The number of carbonyl (C=O) groups excluding carboxylic acids is 1. The van der Waals surface area contributed by atoms with Crippen LogP contribution in [0.4, 0.5) is 0 Å². The van der Waals surface area contributed by atoms with Crippen molar-refractivity contribution in [1.29, 1.82) is 0 Å². The van der Waals surface area contributed by atoms with Crippen molar-refractivity contribution in [1.82, 2.24) is 5.32 Å². The maximum Gasteiger partial charge on any atom is 0.325 e. The Kier molecular flexibility index (Phi) is 22.2. The maximum absolute atomic E-state index is 12.4. The molecule has 8 nitrogen and oxygen atoms in total. The lowest BCUT2D eigenvalue weighted by molar-refractivity contribution is -0.121. The Morgan fingerprint density at radius 2 is 1.29 bits per heavy atom. The summed E-state index contributed by atoms with van der Waals surface area (Å²) in [5.74, 6) is 0.110. The predicted octanol–water partition coefficient (Wildman–Crippen LogP) is 9.16. The second-order valence-electron chi connectivity index (χ2n) is 14.8. The lowest BCUT2D eigenvalue weighted by atomic mass is 10.0. The van der Waals surface area contributed by atoms with Crippen LogP contribution in [0.25, 0.3) is 0 Å². The topological polar surface area (TPSA) is 95.5 Å². The minimum absolute atomic E-state index is 0.110. The molecule has 268 valence electrons. The molecule has 1 fully saturated rings. The molecule has 0 aromatic carbocycles. The lowest BCUT2D eigenvalue weighted by Crippen LogP contribution is -2.39. The van der Waals surface area contributed by atoms with Gasteiger partial charge in [0.2, 0.25) is 5.91 Å². The third kappa shape index (κ3) is 22.2. The fourth-order valence-corrected chi connectivity index (χ4v) is 7.98. The molecule has 0 aromatic heterocycles. The van der Waals surface area contributed by atoms with Gasteiger partial charge in [0.15, 0.2) is 0 Å². The number of rotatable bonds is 26. The van der Waals surface area contributed by atoms with E-state index in [1.165, 1.54) is 83.5 Å². The van der Waals surface area contributed by atoms with Crippen molar-refractivity contribution in [3.8, 4) is 0 Å². The molecule has 1 rings (SSSR count). The quantitative estimate of drug-likeness (QED) is 0.0691. The van der Waals surface area contributed by atoms with Crippen molar-refractivity contribution in [2.24, 2.45) is 0 Å². The minimum atomic E-state index is -3.56. The zero-order chi connectivity index (χ0) is 33.8. The molecule has 1 aliphatic heterocycles. The molecule has 1 amide bonds. The van der Waals surface area contributed by atoms with Crippen molar-refractivity contribution < 1.29 is 32.9 Å². The first-order valence-electron chi connectivity index (χ1n) is 18.0. The van der Waals surface area contributed by atoms with Gasteiger partial charge in [-0.3, -0.25) is 9.32 Å². The normalized spacial score (nSPS) is 22.1. The Morgan fingerprint density at radius 3 is 1.76 bits per heavy atom. The highest BCUT2D eigenvalue weighted by Crippen LogP contribution is 2.51. The summed E-state index contributed by atoms with van der Waals surface area (Å²) in [5, 5.41) is 3.06. The number of unbranched alkanes of at least 4 members (excludes halogenated alkanes) is 14. The van der Waals surface area contributed by atoms with Crippen LogP contribution in [-0.4, -0.2) is 66.7 Å². The van der Waals surface area contributed by atoms with Gasteiger partial charge in [0.25, 0.3) is 0 Å². The number of methoxy groups -OCH3 is 1. The van der Waals surface area contributed by atoms with Crippen LogP contribution in [0.2, 0.25) is 0 Å². The SMILES string of the molecule is CCCCCCCCCCCCCCCCCC(=O)NCCC[C@@H]1O[C@H](COC(C)(C)C)[C@@H](OP(O)(=S)OC(C)(C)C)[C@H]1OC. The molecular formula is C35H70NO7PS. The Labute approximate surface area is 282 Å². The van der Waals surface area contributed by atoms with Gasteiger partial charge >= 0.3 is 6.72 Å². The first-order chi connectivity index (χ1) is 21.2. The van der Waals surface area contributed by atoms with Gasteiger partial charge in [-0.15, -0.1) is 0 Å². The Hall–Kier alpha value is -0.120. The van der Waals surface area contributed by atoms with E-state index in [2.05, 4.69) is 12.2 Å². The van der Waals surface area contributed by atoms with Crippen LogP contribution in [0.1, 0.15) is 164 Å². The number of carbonyl (C=O) groups is 1. The third-order valence-electron chi connectivity index (χ3n) is 8.00. The fraction of sp³-hybridized carbons (Fsp3) is 0.971. The maximum atomic E-state index is 12.4. The highest BCUT2D eigenvalue weighted by Gasteiger charge is 2.48. The van der Waals surface area contributed by atoms with Crippen molar-refractivity contribution in [2.45, 2.75) is 200 Å². The van der Waals surface area contributed by atoms with Crippen LogP contribution in [0.3, 0.4) is 0 Å². The summed E-state index contributed by atoms with van der Waals surface area (Å²) in [7, 11) is 1.61. The van der Waals surface area contributed by atoms with Crippen LogP contribution in [0.5, 0.6) is 0 Å². The van der Waals surface area contributed by atoms with Crippen LogP contribution in [-0.2, 0) is 39.9 Å². The van der Waals surface area contributed by atoms with Crippen molar-refractivity contribution in [2.75, 3.05) is 20.3 Å². The van der Waals surface area contributed by atoms with Gasteiger partial charge in [-0.05, 0) is 72.6 Å². The number of hydrogen-bond acceptors (Lipinski definition) is 7. The van der Waals surface area contributed by atoms with Gasteiger partial charge in [0.1, 0.15) is 18.3 Å². The summed E-state index contributed by atoms with van der Waals surface area (Å²) in [4.78, 5) is 23.2. The summed E-state index contributed by atoms with van der Waals surface area (Å²) in [6.07, 6.45) is 19.9. The minimum Gasteiger partial charge on any atom is -0.376 e. The van der Waals surface area contributed by atoms with Crippen molar-refractivity contribution >= 4 is 24.4 Å². The number of amides is 1. The Morgan fingerprint density at radius 1 is 0.778 bits per heavy atom. The molecule has 2 N–H and O–H groups in total. The average molecular weight is 680 g/mol. The molecule has 1 aliphatic rings. The molecular weight excluding hydrogens is 609 g/mol. The monoisotopic (exact) mass is 679 g/mol. The van der Waals surface area contributed by atoms with E-state index in [9.17, 15) is 9.69 Å². The van der Waals surface area contributed by atoms with Crippen LogP contribution in [0, 0.1) is 0 Å². The first-order valence-corrected chi connectivity index (χ1v) is 20.6. The van der Waals surface area contributed by atoms with Gasteiger partial charge in [0.05, 0.1) is 23.9 Å². The molecule has 5 atom stereocenters. The zero-order valence-corrected chi connectivity index (χ0v) is 31.9. The van der Waals surface area contributed by atoms with Gasteiger partial charge in [0, 0.05) is 20.1 Å². The molecule has 0 radical (unpaired) electrons. The summed E-state index contributed by atoms with van der Waals surface area (Å²) in [6, 6.07) is 0. The fourth-order valence-electron chi connectivity index (χ4n) is 5.71. The van der Waals surface area contributed by atoms with Gasteiger partial charge < -0.3 is 28.9 Å². The number of nitrogens with one attached hydrogen (secondary N) is 1. The molecule has 1 unspecified atom stereocenters. The third-order valence-corrected chi connectivity index (χ3v) is 9.77. The smallest absolute Gasteiger partial charge is 0.325 e. The van der Waals surface area contributed by atoms with Gasteiger partial charge in [-0.2, -0.15) is 0 Å². The van der Waals surface area contributed by atoms with Crippen LogP contribution in [0.15, 0.2) is 0 Å². The number of ether oxygens (including phenoxy) is 3. The molecule has 0 aromatic rings. The van der Waals surface area contributed by atoms with E-state index in [4.69, 9.17) is 35.1 Å². The number of hydrogen-bond donors (Lipinski definition) is 2. The summed E-state index contributed by atoms with van der Waals surface area (Å²) in [6.45, 7) is 11.0. The largest absolute Gasteiger partial charge is 0.376 e. The van der Waals surface area contributed by atoms with E-state index in [1.54, 1.807) is 7.11 Å². The Bertz CT molecular complexity index is 817. The summed E-state index contributed by atoms with van der Waals surface area (Å²) < 4.78 is 29.8. The summed E-state index contributed by atoms with van der Waals surface area (Å²) in [5.41, 5.74) is -1.03. The van der Waals surface area contributed by atoms with Crippen molar-refractivity contribution in [3.63, 3.8) is 0 Å². The molecule has 1 saturated heterocycles. The average Bonchev–Trinajstić information content (AvgIpc) is 3.25. The van der Waals surface area contributed by atoms with Crippen LogP contribution < -0.4 is 5.32 Å².